The number of thioether (sulfide) groups is 1. The summed E-state index contributed by atoms with van der Waals surface area (Å²) in [4.78, 5) is 13.5. The van der Waals surface area contributed by atoms with Crippen molar-refractivity contribution in [3.63, 3.8) is 0 Å². The van der Waals surface area contributed by atoms with Gasteiger partial charge in [-0.05, 0) is 0 Å². The first kappa shape index (κ1) is 12.9. The van der Waals surface area contributed by atoms with E-state index in [9.17, 15) is 0 Å². The highest BCUT2D eigenvalue weighted by molar-refractivity contribution is 8.14. The second-order valence-electron chi connectivity index (χ2n) is 5.04. The molecule has 19 heavy (non-hydrogen) atoms. The van der Waals surface area contributed by atoms with Gasteiger partial charge in [-0.1, -0.05) is 18.7 Å². The molecule has 1 saturated heterocycles. The third-order valence-electron chi connectivity index (χ3n) is 3.54. The van der Waals surface area contributed by atoms with Gasteiger partial charge in [0.25, 0.3) is 0 Å². The fourth-order valence-electron chi connectivity index (χ4n) is 2.39. The van der Waals surface area contributed by atoms with E-state index in [1.54, 1.807) is 12.7 Å². The van der Waals surface area contributed by atoms with Crippen molar-refractivity contribution in [2.75, 3.05) is 39.3 Å². The molecule has 0 radical (unpaired) electrons. The van der Waals surface area contributed by atoms with Crippen molar-refractivity contribution in [1.82, 2.24) is 24.6 Å². The Labute approximate surface area is 117 Å². The Morgan fingerprint density at radius 3 is 2.74 bits per heavy atom. The van der Waals surface area contributed by atoms with Crippen LogP contribution in [0.2, 0.25) is 0 Å². The molecule has 3 heterocycles. The first-order valence-electron chi connectivity index (χ1n) is 6.82. The topological polar surface area (TPSA) is 49.5 Å². The first-order valence-corrected chi connectivity index (χ1v) is 7.70. The number of hydrogen-bond donors (Lipinski definition) is 0. The molecular weight excluding hydrogens is 260 g/mol. The quantitative estimate of drug-likeness (QED) is 0.801. The molecule has 0 aliphatic carbocycles. The summed E-state index contributed by atoms with van der Waals surface area (Å²) in [5.74, 6) is 0. The minimum Gasteiger partial charge on any atom is -0.349 e. The van der Waals surface area contributed by atoms with Gasteiger partial charge in [0, 0.05) is 38.0 Å². The van der Waals surface area contributed by atoms with Gasteiger partial charge < -0.3 is 4.90 Å². The van der Waals surface area contributed by atoms with Gasteiger partial charge in [-0.15, -0.1) is 0 Å². The number of nitrogens with zero attached hydrogens (tertiary/aromatic N) is 6. The van der Waals surface area contributed by atoms with Crippen LogP contribution in [-0.4, -0.2) is 74.3 Å². The lowest BCUT2D eigenvalue weighted by atomic mass is 10.3. The molecule has 0 saturated carbocycles. The van der Waals surface area contributed by atoms with Crippen LogP contribution in [0.3, 0.4) is 0 Å². The largest absolute Gasteiger partial charge is 0.349 e. The van der Waals surface area contributed by atoms with E-state index in [0.717, 1.165) is 45.8 Å². The standard InChI is InChI=1S/C12H20N6S/c1-11-8-14-12(19-11)17-5-2-16(3-6-17)4-7-18-10-13-9-15-18/h9-11H,2-8H2,1H3/t11-/m1/s1. The zero-order valence-corrected chi connectivity index (χ0v) is 12.1. The SMILES string of the molecule is C[C@@H]1CN=C(N2CCN(CCn3cncn3)CC2)S1. The summed E-state index contributed by atoms with van der Waals surface area (Å²) in [6.45, 7) is 9.61. The van der Waals surface area contributed by atoms with Crippen LogP contribution in [0.4, 0.5) is 0 Å². The van der Waals surface area contributed by atoms with E-state index in [0.29, 0.717) is 5.25 Å². The second kappa shape index (κ2) is 5.92. The van der Waals surface area contributed by atoms with Crippen molar-refractivity contribution in [2.45, 2.75) is 18.7 Å². The Bertz CT molecular complexity index is 423. The number of amidine groups is 1. The van der Waals surface area contributed by atoms with Crippen molar-refractivity contribution in [3.8, 4) is 0 Å². The monoisotopic (exact) mass is 280 g/mol. The normalized spacial score (nSPS) is 24.8. The fraction of sp³-hybridized carbons (Fsp3) is 0.750. The summed E-state index contributed by atoms with van der Waals surface area (Å²) >= 11 is 1.92. The van der Waals surface area contributed by atoms with Gasteiger partial charge in [0.1, 0.15) is 12.7 Å². The third-order valence-corrected chi connectivity index (χ3v) is 4.69. The fourth-order valence-corrected chi connectivity index (χ4v) is 3.38. The summed E-state index contributed by atoms with van der Waals surface area (Å²) in [5, 5.41) is 6.04. The molecule has 1 atom stereocenters. The average Bonchev–Trinajstić information content (AvgIpc) is 3.08. The molecule has 0 N–H and O–H groups in total. The molecule has 1 aromatic heterocycles. The molecule has 0 bridgehead atoms. The molecule has 1 fully saturated rings. The van der Waals surface area contributed by atoms with Crippen LogP contribution in [0.5, 0.6) is 0 Å². The molecule has 3 rings (SSSR count). The number of rotatable bonds is 3. The van der Waals surface area contributed by atoms with E-state index in [4.69, 9.17) is 0 Å². The third kappa shape index (κ3) is 3.27. The van der Waals surface area contributed by atoms with Gasteiger partial charge in [-0.2, -0.15) is 5.10 Å². The predicted molar refractivity (Wildman–Crippen MR) is 77.4 cm³/mol. The lowest BCUT2D eigenvalue weighted by molar-refractivity contribution is 0.177. The zero-order valence-electron chi connectivity index (χ0n) is 11.3. The van der Waals surface area contributed by atoms with E-state index < -0.39 is 0 Å². The molecule has 0 unspecified atom stereocenters. The van der Waals surface area contributed by atoms with E-state index in [-0.39, 0.29) is 0 Å². The van der Waals surface area contributed by atoms with Gasteiger partial charge in [0.2, 0.25) is 0 Å². The number of piperazine rings is 1. The van der Waals surface area contributed by atoms with Crippen molar-refractivity contribution in [3.05, 3.63) is 12.7 Å². The van der Waals surface area contributed by atoms with Crippen LogP contribution < -0.4 is 0 Å². The van der Waals surface area contributed by atoms with Crippen LogP contribution in [0.25, 0.3) is 0 Å². The van der Waals surface area contributed by atoms with Gasteiger partial charge in [-0.25, -0.2) is 4.98 Å². The molecule has 2 aliphatic heterocycles. The Morgan fingerprint density at radius 1 is 1.26 bits per heavy atom. The second-order valence-corrected chi connectivity index (χ2v) is 6.44. The summed E-state index contributed by atoms with van der Waals surface area (Å²) < 4.78 is 1.89. The van der Waals surface area contributed by atoms with Crippen LogP contribution in [0.1, 0.15) is 6.92 Å². The maximum atomic E-state index is 4.62. The molecule has 6 nitrogen and oxygen atoms in total. The maximum Gasteiger partial charge on any atom is 0.159 e. The maximum absolute atomic E-state index is 4.62. The smallest absolute Gasteiger partial charge is 0.159 e. The molecule has 0 amide bonds. The zero-order chi connectivity index (χ0) is 13.1. The number of aliphatic imine (C=N–C) groups is 1. The Kier molecular flexibility index (Phi) is 4.03. The van der Waals surface area contributed by atoms with E-state index in [1.807, 2.05) is 16.4 Å². The van der Waals surface area contributed by atoms with Crippen LogP contribution >= 0.6 is 11.8 Å². The molecular formula is C12H20N6S. The molecule has 1 aromatic rings. The molecule has 104 valence electrons. The van der Waals surface area contributed by atoms with E-state index in [1.165, 1.54) is 5.17 Å². The highest BCUT2D eigenvalue weighted by Gasteiger charge is 2.24. The van der Waals surface area contributed by atoms with Gasteiger partial charge in [-0.3, -0.25) is 14.6 Å². The first-order chi connectivity index (χ1) is 9.31. The minimum atomic E-state index is 0.653. The van der Waals surface area contributed by atoms with Gasteiger partial charge in [0.05, 0.1) is 13.1 Å². The number of hydrogen-bond acceptors (Lipinski definition) is 6. The van der Waals surface area contributed by atoms with E-state index in [2.05, 4.69) is 31.8 Å². The summed E-state index contributed by atoms with van der Waals surface area (Å²) in [5.41, 5.74) is 0. The van der Waals surface area contributed by atoms with Crippen molar-refractivity contribution >= 4 is 16.9 Å². The van der Waals surface area contributed by atoms with Gasteiger partial charge >= 0.3 is 0 Å². The lowest BCUT2D eigenvalue weighted by Crippen LogP contribution is -2.48. The van der Waals surface area contributed by atoms with Gasteiger partial charge in [0.15, 0.2) is 5.17 Å². The predicted octanol–water partition coefficient (Wildman–Crippen LogP) is 0.387. The molecule has 7 heteroatoms. The summed E-state index contributed by atoms with van der Waals surface area (Å²) in [6, 6.07) is 0. The number of aromatic nitrogens is 3. The Hall–Kier alpha value is -1.08. The molecule has 2 aliphatic rings. The van der Waals surface area contributed by atoms with Crippen LogP contribution in [0, 0.1) is 0 Å². The van der Waals surface area contributed by atoms with Crippen LogP contribution in [-0.2, 0) is 6.54 Å². The van der Waals surface area contributed by atoms with Crippen molar-refractivity contribution in [1.29, 1.82) is 0 Å². The lowest BCUT2D eigenvalue weighted by Gasteiger charge is -2.35. The van der Waals surface area contributed by atoms with Crippen molar-refractivity contribution < 1.29 is 0 Å². The Morgan fingerprint density at radius 2 is 2.11 bits per heavy atom. The highest BCUT2D eigenvalue weighted by atomic mass is 32.2. The molecule has 0 spiro atoms. The van der Waals surface area contributed by atoms with Crippen molar-refractivity contribution in [2.24, 2.45) is 4.99 Å². The Balaban J connectivity index is 1.42. The summed E-state index contributed by atoms with van der Waals surface area (Å²) in [6.07, 6.45) is 3.37. The molecule has 0 aromatic carbocycles. The average molecular weight is 280 g/mol. The van der Waals surface area contributed by atoms with E-state index >= 15 is 0 Å². The van der Waals surface area contributed by atoms with Crippen LogP contribution in [0.15, 0.2) is 17.6 Å². The minimum absolute atomic E-state index is 0.653. The summed E-state index contributed by atoms with van der Waals surface area (Å²) in [7, 11) is 0. The highest BCUT2D eigenvalue weighted by Crippen LogP contribution is 2.23.